The van der Waals surface area contributed by atoms with E-state index in [-0.39, 0.29) is 0 Å². The molecular formula is C14H26N2O. The maximum Gasteiger partial charge on any atom is 0.106 e. The van der Waals surface area contributed by atoms with Gasteiger partial charge < -0.3 is 4.74 Å². The van der Waals surface area contributed by atoms with Gasteiger partial charge in [0.05, 0.1) is 12.2 Å². The van der Waals surface area contributed by atoms with Gasteiger partial charge in [-0.15, -0.1) is 0 Å². The molecule has 1 atom stereocenters. The summed E-state index contributed by atoms with van der Waals surface area (Å²) >= 11 is 0. The van der Waals surface area contributed by atoms with Crippen LogP contribution in [0.5, 0.6) is 0 Å². The Morgan fingerprint density at radius 2 is 2.00 bits per heavy atom. The van der Waals surface area contributed by atoms with E-state index in [1.54, 1.807) is 0 Å². The smallest absolute Gasteiger partial charge is 0.106 e. The first-order chi connectivity index (χ1) is 8.06. The van der Waals surface area contributed by atoms with Crippen LogP contribution in [0.4, 0.5) is 0 Å². The van der Waals surface area contributed by atoms with Gasteiger partial charge >= 0.3 is 0 Å². The highest BCUT2D eigenvalue weighted by Gasteiger charge is 2.24. The Balaban J connectivity index is 2.25. The van der Waals surface area contributed by atoms with E-state index in [0.29, 0.717) is 18.8 Å². The highest BCUT2D eigenvalue weighted by atomic mass is 16.5. The van der Waals surface area contributed by atoms with Crippen molar-refractivity contribution in [1.29, 1.82) is 5.26 Å². The fourth-order valence-electron chi connectivity index (χ4n) is 2.46. The van der Waals surface area contributed by atoms with Crippen molar-refractivity contribution in [2.45, 2.75) is 77.0 Å². The van der Waals surface area contributed by atoms with E-state index in [9.17, 15) is 5.26 Å². The Bertz CT molecular complexity index is 253. The van der Waals surface area contributed by atoms with E-state index in [2.05, 4.69) is 25.2 Å². The molecule has 98 valence electrons. The third-order valence-electron chi connectivity index (χ3n) is 3.36. The quantitative estimate of drug-likeness (QED) is 0.773. The van der Waals surface area contributed by atoms with Gasteiger partial charge in [0, 0.05) is 19.1 Å². The van der Waals surface area contributed by atoms with Crippen molar-refractivity contribution in [3.63, 3.8) is 0 Å². The van der Waals surface area contributed by atoms with Crippen molar-refractivity contribution in [1.82, 2.24) is 5.32 Å². The molecule has 0 heterocycles. The summed E-state index contributed by atoms with van der Waals surface area (Å²) in [4.78, 5) is 0. The number of ether oxygens (including phenoxy) is 1. The molecule has 0 radical (unpaired) electrons. The fraction of sp³-hybridized carbons (Fsp3) is 0.929. The van der Waals surface area contributed by atoms with Gasteiger partial charge in [-0.05, 0) is 33.6 Å². The second-order valence-corrected chi connectivity index (χ2v) is 5.62. The molecule has 1 unspecified atom stereocenters. The lowest BCUT2D eigenvalue weighted by Gasteiger charge is -2.28. The minimum Gasteiger partial charge on any atom is -0.378 e. The second kappa shape index (κ2) is 6.98. The number of nitriles is 1. The Kier molecular flexibility index (Phi) is 5.94. The van der Waals surface area contributed by atoms with E-state index in [1.165, 1.54) is 32.1 Å². The predicted molar refractivity (Wildman–Crippen MR) is 69.7 cm³/mol. The highest BCUT2D eigenvalue weighted by Crippen LogP contribution is 2.21. The van der Waals surface area contributed by atoms with E-state index in [1.807, 2.05) is 6.92 Å². The lowest BCUT2D eigenvalue weighted by atomic mass is 9.97. The summed E-state index contributed by atoms with van der Waals surface area (Å²) in [7, 11) is 0. The SMILES string of the molecule is CC(C)NC(C)(C#N)CCOC1CCCCC1. The van der Waals surface area contributed by atoms with Gasteiger partial charge in [-0.2, -0.15) is 5.26 Å². The summed E-state index contributed by atoms with van der Waals surface area (Å²) in [6, 6.07) is 2.68. The average molecular weight is 238 g/mol. The number of nitrogens with zero attached hydrogens (tertiary/aromatic N) is 1. The number of rotatable bonds is 6. The molecule has 1 aliphatic rings. The molecule has 0 aromatic carbocycles. The maximum absolute atomic E-state index is 9.20. The summed E-state index contributed by atoms with van der Waals surface area (Å²) in [5.74, 6) is 0. The topological polar surface area (TPSA) is 45.0 Å². The molecule has 1 saturated carbocycles. The number of hydrogen-bond acceptors (Lipinski definition) is 3. The zero-order chi connectivity index (χ0) is 12.7. The Morgan fingerprint density at radius 1 is 1.35 bits per heavy atom. The first-order valence-electron chi connectivity index (χ1n) is 6.86. The van der Waals surface area contributed by atoms with Crippen molar-refractivity contribution in [2.24, 2.45) is 0 Å². The summed E-state index contributed by atoms with van der Waals surface area (Å²) < 4.78 is 5.87. The number of hydrogen-bond donors (Lipinski definition) is 1. The van der Waals surface area contributed by atoms with Gasteiger partial charge in [0.1, 0.15) is 5.54 Å². The van der Waals surface area contributed by atoms with Crippen LogP contribution in [0.15, 0.2) is 0 Å². The zero-order valence-electron chi connectivity index (χ0n) is 11.5. The van der Waals surface area contributed by atoms with Gasteiger partial charge in [-0.25, -0.2) is 0 Å². The third-order valence-corrected chi connectivity index (χ3v) is 3.36. The van der Waals surface area contributed by atoms with Crippen molar-refractivity contribution < 1.29 is 4.74 Å². The van der Waals surface area contributed by atoms with Crippen LogP contribution >= 0.6 is 0 Å². The Morgan fingerprint density at radius 3 is 2.53 bits per heavy atom. The summed E-state index contributed by atoms with van der Waals surface area (Å²) in [6.07, 6.45) is 7.53. The van der Waals surface area contributed by atoms with E-state index >= 15 is 0 Å². The van der Waals surface area contributed by atoms with E-state index < -0.39 is 5.54 Å². The van der Waals surface area contributed by atoms with Crippen molar-refractivity contribution in [3.05, 3.63) is 0 Å². The van der Waals surface area contributed by atoms with Crippen LogP contribution in [0.25, 0.3) is 0 Å². The van der Waals surface area contributed by atoms with E-state index in [0.717, 1.165) is 6.42 Å². The largest absolute Gasteiger partial charge is 0.378 e. The summed E-state index contributed by atoms with van der Waals surface area (Å²) in [5, 5.41) is 12.5. The van der Waals surface area contributed by atoms with Crippen LogP contribution in [-0.2, 0) is 4.74 Å². The molecule has 0 saturated heterocycles. The average Bonchev–Trinajstić information content (AvgIpc) is 2.29. The maximum atomic E-state index is 9.20. The molecule has 0 bridgehead atoms. The van der Waals surface area contributed by atoms with Gasteiger partial charge in [0.2, 0.25) is 0 Å². The molecule has 1 N–H and O–H groups in total. The van der Waals surface area contributed by atoms with Crippen LogP contribution in [0.1, 0.15) is 59.3 Å². The molecule has 0 spiro atoms. The Hall–Kier alpha value is -0.590. The van der Waals surface area contributed by atoms with Gasteiger partial charge in [-0.1, -0.05) is 19.3 Å². The normalized spacial score (nSPS) is 21.1. The molecule has 1 aliphatic carbocycles. The van der Waals surface area contributed by atoms with E-state index in [4.69, 9.17) is 4.74 Å². The Labute approximate surface area is 106 Å². The highest BCUT2D eigenvalue weighted by molar-refractivity contribution is 5.04. The molecule has 1 fully saturated rings. The standard InChI is InChI=1S/C14H26N2O/c1-12(2)16-14(3,11-15)9-10-17-13-7-5-4-6-8-13/h12-13,16H,4-10H2,1-3H3. The third kappa shape index (κ3) is 5.52. The van der Waals surface area contributed by atoms with Crippen LogP contribution < -0.4 is 5.32 Å². The molecule has 0 amide bonds. The fourth-order valence-corrected chi connectivity index (χ4v) is 2.46. The molecule has 0 aromatic heterocycles. The van der Waals surface area contributed by atoms with Crippen molar-refractivity contribution >= 4 is 0 Å². The minimum atomic E-state index is -0.456. The lowest BCUT2D eigenvalue weighted by Crippen LogP contribution is -2.45. The van der Waals surface area contributed by atoms with Gasteiger partial charge in [0.25, 0.3) is 0 Å². The van der Waals surface area contributed by atoms with Crippen LogP contribution in [-0.4, -0.2) is 24.3 Å². The van der Waals surface area contributed by atoms with Crippen molar-refractivity contribution in [3.8, 4) is 6.07 Å². The first-order valence-corrected chi connectivity index (χ1v) is 6.86. The van der Waals surface area contributed by atoms with Crippen molar-refractivity contribution in [2.75, 3.05) is 6.61 Å². The monoisotopic (exact) mass is 238 g/mol. The van der Waals surface area contributed by atoms with Crippen LogP contribution in [0, 0.1) is 11.3 Å². The predicted octanol–water partition coefficient (Wildman–Crippen LogP) is 3.01. The molecule has 0 aromatic rings. The number of nitrogens with one attached hydrogen (secondary N) is 1. The molecule has 3 nitrogen and oxygen atoms in total. The summed E-state index contributed by atoms with van der Waals surface area (Å²) in [6.45, 7) is 6.78. The first kappa shape index (κ1) is 14.5. The zero-order valence-corrected chi connectivity index (χ0v) is 11.5. The second-order valence-electron chi connectivity index (χ2n) is 5.62. The van der Waals surface area contributed by atoms with Crippen LogP contribution in [0.3, 0.4) is 0 Å². The lowest BCUT2D eigenvalue weighted by molar-refractivity contribution is 0.0204. The molecule has 1 rings (SSSR count). The minimum absolute atomic E-state index is 0.328. The molecular weight excluding hydrogens is 212 g/mol. The van der Waals surface area contributed by atoms with Crippen LogP contribution in [0.2, 0.25) is 0 Å². The molecule has 0 aliphatic heterocycles. The molecule has 3 heteroatoms. The van der Waals surface area contributed by atoms with Gasteiger partial charge in [-0.3, -0.25) is 5.32 Å². The molecule has 17 heavy (non-hydrogen) atoms. The summed E-state index contributed by atoms with van der Waals surface area (Å²) in [5.41, 5.74) is -0.456. The van der Waals surface area contributed by atoms with Gasteiger partial charge in [0.15, 0.2) is 0 Å².